The number of hydrogen-bond acceptors (Lipinski definition) is 2. The first-order valence-corrected chi connectivity index (χ1v) is 5.40. The maximum Gasteiger partial charge on any atom is 0.0431 e. The van der Waals surface area contributed by atoms with Crippen LogP contribution >= 0.6 is 0 Å². The van der Waals surface area contributed by atoms with Gasteiger partial charge in [-0.25, -0.2) is 0 Å². The Balaban J connectivity index is 1.90. The van der Waals surface area contributed by atoms with Crippen LogP contribution in [0.15, 0.2) is 12.2 Å². The molecule has 2 N–H and O–H groups in total. The second-order valence-electron chi connectivity index (χ2n) is 3.79. The molecule has 0 bridgehead atoms. The number of allylic oxidation sites excluding steroid dienone is 2. The molecule has 1 aliphatic carbocycles. The summed E-state index contributed by atoms with van der Waals surface area (Å²) >= 11 is 0. The molecular weight excluding hydrogens is 162 g/mol. The summed E-state index contributed by atoms with van der Waals surface area (Å²) in [5, 5.41) is 12.0. The van der Waals surface area contributed by atoms with E-state index in [-0.39, 0.29) is 0 Å². The van der Waals surface area contributed by atoms with Crippen LogP contribution < -0.4 is 5.32 Å². The van der Waals surface area contributed by atoms with Gasteiger partial charge in [-0.15, -0.1) is 0 Å². The lowest BCUT2D eigenvalue weighted by atomic mass is 9.94. The third-order valence-electron chi connectivity index (χ3n) is 2.57. The predicted octanol–water partition coefficient (Wildman–Crippen LogP) is 1.70. The number of nitrogens with one attached hydrogen (secondary N) is 1. The normalized spacial score (nSPS) is 22.1. The van der Waals surface area contributed by atoms with Crippen molar-refractivity contribution >= 4 is 0 Å². The lowest BCUT2D eigenvalue weighted by Gasteiger charge is -2.17. The SMILES string of the molecule is OCCCCNCC1CC=CCC1. The van der Waals surface area contributed by atoms with Crippen molar-refractivity contribution in [2.75, 3.05) is 19.7 Å². The summed E-state index contributed by atoms with van der Waals surface area (Å²) in [4.78, 5) is 0. The van der Waals surface area contributed by atoms with Crippen molar-refractivity contribution in [1.82, 2.24) is 5.32 Å². The zero-order valence-electron chi connectivity index (χ0n) is 8.34. The highest BCUT2D eigenvalue weighted by Crippen LogP contribution is 2.16. The summed E-state index contributed by atoms with van der Waals surface area (Å²) in [6, 6.07) is 0. The molecule has 0 heterocycles. The van der Waals surface area contributed by atoms with Crippen molar-refractivity contribution in [1.29, 1.82) is 0 Å². The first kappa shape index (κ1) is 10.7. The third-order valence-corrected chi connectivity index (χ3v) is 2.57. The molecule has 0 aliphatic heterocycles. The van der Waals surface area contributed by atoms with Gasteiger partial charge in [-0.2, -0.15) is 0 Å². The van der Waals surface area contributed by atoms with Crippen LogP contribution in [0, 0.1) is 5.92 Å². The summed E-state index contributed by atoms with van der Waals surface area (Å²) in [5.41, 5.74) is 0. The first-order chi connectivity index (χ1) is 6.43. The van der Waals surface area contributed by atoms with E-state index >= 15 is 0 Å². The van der Waals surface area contributed by atoms with Gasteiger partial charge < -0.3 is 10.4 Å². The zero-order chi connectivity index (χ0) is 9.36. The van der Waals surface area contributed by atoms with E-state index in [1.165, 1.54) is 19.3 Å². The van der Waals surface area contributed by atoms with Gasteiger partial charge in [0.2, 0.25) is 0 Å². The van der Waals surface area contributed by atoms with Gasteiger partial charge >= 0.3 is 0 Å². The van der Waals surface area contributed by atoms with Crippen LogP contribution in [0.3, 0.4) is 0 Å². The van der Waals surface area contributed by atoms with Gasteiger partial charge in [0.25, 0.3) is 0 Å². The van der Waals surface area contributed by atoms with E-state index in [0.29, 0.717) is 6.61 Å². The Morgan fingerprint density at radius 3 is 2.92 bits per heavy atom. The van der Waals surface area contributed by atoms with Crippen LogP contribution in [-0.4, -0.2) is 24.8 Å². The quantitative estimate of drug-likeness (QED) is 0.485. The van der Waals surface area contributed by atoms with E-state index in [1.54, 1.807) is 0 Å². The summed E-state index contributed by atoms with van der Waals surface area (Å²) in [5.74, 6) is 0.846. The van der Waals surface area contributed by atoms with E-state index in [1.807, 2.05) is 0 Å². The summed E-state index contributed by atoms with van der Waals surface area (Å²) in [6.07, 6.45) is 10.4. The van der Waals surface area contributed by atoms with Gasteiger partial charge in [0.15, 0.2) is 0 Å². The van der Waals surface area contributed by atoms with Crippen LogP contribution in [0.1, 0.15) is 32.1 Å². The van der Waals surface area contributed by atoms with Crippen LogP contribution in [0.5, 0.6) is 0 Å². The molecule has 0 saturated carbocycles. The van der Waals surface area contributed by atoms with Crippen molar-refractivity contribution in [3.8, 4) is 0 Å². The molecule has 0 aromatic rings. The maximum absolute atomic E-state index is 8.58. The lowest BCUT2D eigenvalue weighted by molar-refractivity contribution is 0.283. The second-order valence-corrected chi connectivity index (χ2v) is 3.79. The van der Waals surface area contributed by atoms with Crippen LogP contribution in [0.25, 0.3) is 0 Å². The van der Waals surface area contributed by atoms with E-state index in [4.69, 9.17) is 5.11 Å². The topological polar surface area (TPSA) is 32.3 Å². The Bertz CT molecular complexity index is 145. The molecule has 0 aromatic heterocycles. The van der Waals surface area contributed by atoms with E-state index < -0.39 is 0 Å². The minimum absolute atomic E-state index is 0.327. The fraction of sp³-hybridized carbons (Fsp3) is 0.818. The highest BCUT2D eigenvalue weighted by atomic mass is 16.2. The average molecular weight is 183 g/mol. The van der Waals surface area contributed by atoms with E-state index in [0.717, 1.165) is 31.8 Å². The Hall–Kier alpha value is -0.340. The van der Waals surface area contributed by atoms with Crippen LogP contribution in [-0.2, 0) is 0 Å². The average Bonchev–Trinajstić information content (AvgIpc) is 2.19. The van der Waals surface area contributed by atoms with Crippen molar-refractivity contribution in [3.05, 3.63) is 12.2 Å². The van der Waals surface area contributed by atoms with Crippen molar-refractivity contribution in [2.24, 2.45) is 5.92 Å². The number of unbranched alkanes of at least 4 members (excludes halogenated alkanes) is 1. The molecule has 1 rings (SSSR count). The van der Waals surface area contributed by atoms with Gasteiger partial charge in [-0.1, -0.05) is 12.2 Å². The summed E-state index contributed by atoms with van der Waals surface area (Å²) < 4.78 is 0. The smallest absolute Gasteiger partial charge is 0.0431 e. The molecule has 0 aromatic carbocycles. The highest BCUT2D eigenvalue weighted by Gasteiger charge is 2.08. The summed E-state index contributed by atoms with van der Waals surface area (Å²) in [7, 11) is 0. The lowest BCUT2D eigenvalue weighted by Crippen LogP contribution is -2.24. The van der Waals surface area contributed by atoms with E-state index in [9.17, 15) is 0 Å². The molecule has 0 radical (unpaired) electrons. The number of rotatable bonds is 6. The highest BCUT2D eigenvalue weighted by molar-refractivity contribution is 4.90. The van der Waals surface area contributed by atoms with Gasteiger partial charge in [-0.05, 0) is 51.1 Å². The largest absolute Gasteiger partial charge is 0.396 e. The molecule has 0 amide bonds. The molecule has 76 valence electrons. The standard InChI is InChI=1S/C11H21NO/c13-9-5-4-8-12-10-11-6-2-1-3-7-11/h1-2,11-13H,3-10H2. The minimum Gasteiger partial charge on any atom is -0.396 e. The Kier molecular flexibility index (Phi) is 5.87. The van der Waals surface area contributed by atoms with Crippen LogP contribution in [0.2, 0.25) is 0 Å². The second kappa shape index (κ2) is 7.10. The molecule has 2 nitrogen and oxygen atoms in total. The fourth-order valence-electron chi connectivity index (χ4n) is 1.71. The molecule has 1 aliphatic rings. The first-order valence-electron chi connectivity index (χ1n) is 5.40. The molecule has 1 atom stereocenters. The molecular formula is C11H21NO. The Labute approximate surface area is 81.0 Å². The van der Waals surface area contributed by atoms with Gasteiger partial charge in [0.1, 0.15) is 0 Å². The van der Waals surface area contributed by atoms with Gasteiger partial charge in [0.05, 0.1) is 0 Å². The zero-order valence-corrected chi connectivity index (χ0v) is 8.34. The minimum atomic E-state index is 0.327. The van der Waals surface area contributed by atoms with Crippen molar-refractivity contribution < 1.29 is 5.11 Å². The third kappa shape index (κ3) is 5.06. The number of hydrogen-bond donors (Lipinski definition) is 2. The maximum atomic E-state index is 8.58. The summed E-state index contributed by atoms with van der Waals surface area (Å²) in [6.45, 7) is 2.53. The van der Waals surface area contributed by atoms with E-state index in [2.05, 4.69) is 17.5 Å². The number of aliphatic hydroxyl groups is 1. The predicted molar refractivity (Wildman–Crippen MR) is 55.7 cm³/mol. The van der Waals surface area contributed by atoms with Crippen molar-refractivity contribution in [2.45, 2.75) is 32.1 Å². The molecule has 2 heteroatoms. The molecule has 0 saturated heterocycles. The number of aliphatic hydroxyl groups excluding tert-OH is 1. The Morgan fingerprint density at radius 1 is 1.31 bits per heavy atom. The monoisotopic (exact) mass is 183 g/mol. The Morgan fingerprint density at radius 2 is 2.23 bits per heavy atom. The molecule has 0 spiro atoms. The van der Waals surface area contributed by atoms with Gasteiger partial charge in [-0.3, -0.25) is 0 Å². The molecule has 1 unspecified atom stereocenters. The van der Waals surface area contributed by atoms with Crippen LogP contribution in [0.4, 0.5) is 0 Å². The fourth-order valence-corrected chi connectivity index (χ4v) is 1.71. The molecule has 0 fully saturated rings. The van der Waals surface area contributed by atoms with Gasteiger partial charge in [0, 0.05) is 6.61 Å². The van der Waals surface area contributed by atoms with Crippen molar-refractivity contribution in [3.63, 3.8) is 0 Å². The molecule has 13 heavy (non-hydrogen) atoms.